The van der Waals surface area contributed by atoms with Crippen LogP contribution in [0.15, 0.2) is 24.3 Å². The molecule has 0 bridgehead atoms. The molecule has 0 radical (unpaired) electrons. The Balaban J connectivity index is 0.00000228. The van der Waals surface area contributed by atoms with Gasteiger partial charge in [-0.05, 0) is 44.0 Å². The fourth-order valence-electron chi connectivity index (χ4n) is 4.06. The smallest absolute Gasteiger partial charge is 0.319 e. The second-order valence-corrected chi connectivity index (χ2v) is 8.71. The van der Waals surface area contributed by atoms with E-state index >= 15 is 0 Å². The van der Waals surface area contributed by atoms with E-state index < -0.39 is 0 Å². The van der Waals surface area contributed by atoms with Crippen molar-refractivity contribution in [3.05, 3.63) is 41.2 Å². The molecule has 9 nitrogen and oxygen atoms in total. The molecule has 4 rings (SSSR count). The van der Waals surface area contributed by atoms with Gasteiger partial charge in [0, 0.05) is 64.4 Å². The molecule has 1 saturated heterocycles. The molecule has 186 valence electrons. The van der Waals surface area contributed by atoms with Crippen molar-refractivity contribution in [3.8, 4) is 6.01 Å². The van der Waals surface area contributed by atoms with Crippen molar-refractivity contribution >= 4 is 28.3 Å². The van der Waals surface area contributed by atoms with Crippen molar-refractivity contribution in [1.82, 2.24) is 19.9 Å². The monoisotopic (exact) mass is 470 g/mol. The summed E-state index contributed by atoms with van der Waals surface area (Å²) >= 11 is 0. The van der Waals surface area contributed by atoms with Crippen LogP contribution >= 0.6 is 0 Å². The molecule has 2 aromatic heterocycles. The van der Waals surface area contributed by atoms with Crippen LogP contribution in [0, 0.1) is 13.8 Å². The number of morpholine rings is 1. The van der Waals surface area contributed by atoms with Crippen LogP contribution in [0.4, 0.5) is 11.5 Å². The van der Waals surface area contributed by atoms with Crippen molar-refractivity contribution in [2.24, 2.45) is 0 Å². The zero-order valence-electron chi connectivity index (χ0n) is 20.5. The number of amides is 1. The number of benzene rings is 1. The highest BCUT2D eigenvalue weighted by molar-refractivity contribution is 6.04. The van der Waals surface area contributed by atoms with Crippen LogP contribution in [0.5, 0.6) is 6.01 Å². The number of aryl methyl sites for hydroxylation is 2. The Morgan fingerprint density at radius 3 is 2.82 bits per heavy atom. The van der Waals surface area contributed by atoms with E-state index in [0.29, 0.717) is 12.4 Å². The molecule has 9 heteroatoms. The summed E-state index contributed by atoms with van der Waals surface area (Å²) in [5.74, 6) is 0.367. The van der Waals surface area contributed by atoms with Gasteiger partial charge in [-0.15, -0.1) is 0 Å². The van der Waals surface area contributed by atoms with Gasteiger partial charge in [0.15, 0.2) is 0 Å². The fraction of sp³-hybridized carbons (Fsp3) is 0.480. The summed E-state index contributed by atoms with van der Waals surface area (Å²) in [5, 5.41) is 4.07. The number of aromatic amines is 1. The molecule has 1 aromatic carbocycles. The number of H-pyrrole nitrogens is 1. The summed E-state index contributed by atoms with van der Waals surface area (Å²) in [7, 11) is 1.95. The first-order chi connectivity index (χ1) is 16.4. The zero-order chi connectivity index (χ0) is 24.1. The quantitative estimate of drug-likeness (QED) is 0.490. The molecular weight excluding hydrogens is 432 g/mol. The summed E-state index contributed by atoms with van der Waals surface area (Å²) in [6.07, 6.45) is 0.963. The Labute approximate surface area is 203 Å². The van der Waals surface area contributed by atoms with Crippen molar-refractivity contribution in [1.29, 1.82) is 0 Å². The van der Waals surface area contributed by atoms with Gasteiger partial charge in [-0.2, -0.15) is 9.97 Å². The number of carbonyl (C=O) groups is 1. The Hall–Kier alpha value is -3.17. The first-order valence-corrected chi connectivity index (χ1v) is 11.9. The van der Waals surface area contributed by atoms with Crippen LogP contribution in [0.1, 0.15) is 37.9 Å². The summed E-state index contributed by atoms with van der Waals surface area (Å²) in [6, 6.07) is 7.78. The van der Waals surface area contributed by atoms with E-state index in [1.165, 1.54) is 5.56 Å². The lowest BCUT2D eigenvalue weighted by atomic mass is 10.1. The Morgan fingerprint density at radius 1 is 1.26 bits per heavy atom. The number of aromatic nitrogens is 3. The normalized spacial score (nSPS) is 14.4. The largest absolute Gasteiger partial charge is 0.462 e. The van der Waals surface area contributed by atoms with Crippen LogP contribution in [0.2, 0.25) is 0 Å². The number of rotatable bonds is 9. The highest BCUT2D eigenvalue weighted by Gasteiger charge is 2.17. The summed E-state index contributed by atoms with van der Waals surface area (Å²) < 4.78 is 11.3. The van der Waals surface area contributed by atoms with Crippen molar-refractivity contribution in [2.75, 3.05) is 63.3 Å². The predicted molar refractivity (Wildman–Crippen MR) is 138 cm³/mol. The molecule has 34 heavy (non-hydrogen) atoms. The van der Waals surface area contributed by atoms with Gasteiger partial charge in [-0.1, -0.05) is 6.92 Å². The minimum atomic E-state index is -0.296. The molecule has 1 amide bonds. The van der Waals surface area contributed by atoms with Gasteiger partial charge in [0.2, 0.25) is 0 Å². The molecule has 0 unspecified atom stereocenters. The maximum absolute atomic E-state index is 13.1. The van der Waals surface area contributed by atoms with Crippen molar-refractivity contribution in [3.63, 3.8) is 0 Å². The van der Waals surface area contributed by atoms with Crippen LogP contribution < -0.4 is 15.0 Å². The van der Waals surface area contributed by atoms with E-state index in [2.05, 4.69) is 39.0 Å². The fourth-order valence-corrected chi connectivity index (χ4v) is 4.06. The number of fused-ring (bicyclic) bond motifs is 1. The highest BCUT2D eigenvalue weighted by atomic mass is 16.5. The Bertz CT molecular complexity index is 1150. The molecule has 1 aliphatic heterocycles. The highest BCUT2D eigenvalue weighted by Crippen LogP contribution is 2.25. The lowest BCUT2D eigenvalue weighted by molar-refractivity contribution is 0.0317. The molecule has 0 aliphatic carbocycles. The van der Waals surface area contributed by atoms with E-state index in [-0.39, 0.29) is 20.5 Å². The number of ether oxygens (including phenoxy) is 2. The van der Waals surface area contributed by atoms with Crippen molar-refractivity contribution in [2.45, 2.75) is 27.2 Å². The number of nitrogens with zero attached hydrogens (tertiary/aromatic N) is 4. The lowest BCUT2D eigenvalue weighted by Gasteiger charge is -2.26. The number of carbonyl (C=O) groups excluding carboxylic acids is 1. The molecule has 0 spiro atoms. The van der Waals surface area contributed by atoms with Crippen LogP contribution in [-0.4, -0.2) is 78.8 Å². The zero-order valence-corrected chi connectivity index (χ0v) is 20.5. The third kappa shape index (κ3) is 5.66. The van der Waals surface area contributed by atoms with E-state index in [9.17, 15) is 4.79 Å². The molecule has 2 N–H and O–H groups in total. The Morgan fingerprint density at radius 2 is 2.06 bits per heavy atom. The number of hydrogen-bond donors (Lipinski definition) is 2. The van der Waals surface area contributed by atoms with E-state index in [1.807, 2.05) is 37.1 Å². The topological polar surface area (TPSA) is 95.6 Å². The van der Waals surface area contributed by atoms with Crippen LogP contribution in [-0.2, 0) is 4.74 Å². The van der Waals surface area contributed by atoms with Gasteiger partial charge in [-0.25, -0.2) is 0 Å². The lowest BCUT2D eigenvalue weighted by Crippen LogP contribution is -2.38. The summed E-state index contributed by atoms with van der Waals surface area (Å²) in [4.78, 5) is 29.7. The predicted octanol–water partition coefficient (Wildman–Crippen LogP) is 3.88. The van der Waals surface area contributed by atoms with Gasteiger partial charge >= 0.3 is 6.01 Å². The third-order valence-corrected chi connectivity index (χ3v) is 6.18. The Kier molecular flexibility index (Phi) is 7.64. The average Bonchev–Trinajstić information content (AvgIpc) is 3.12. The molecule has 0 atom stereocenters. The van der Waals surface area contributed by atoms with E-state index in [1.54, 1.807) is 6.07 Å². The second-order valence-electron chi connectivity index (χ2n) is 8.71. The molecule has 1 fully saturated rings. The third-order valence-electron chi connectivity index (χ3n) is 6.18. The second kappa shape index (κ2) is 10.8. The minimum absolute atomic E-state index is 0. The van der Waals surface area contributed by atoms with Gasteiger partial charge < -0.3 is 24.7 Å². The molecule has 0 saturated carbocycles. The minimum Gasteiger partial charge on any atom is -0.462 e. The van der Waals surface area contributed by atoms with E-state index in [0.717, 1.165) is 68.1 Å². The average molecular weight is 471 g/mol. The number of hydrogen-bond acceptors (Lipinski definition) is 7. The first kappa shape index (κ1) is 24.0. The SMILES string of the molecule is CCCN(C)c1cc(C(=O)Nc2ccc3[nH]c(C)c(C)c3c2)nc(OCCN2CCOCC2)n1.[HH].[HH]. The van der Waals surface area contributed by atoms with E-state index in [4.69, 9.17) is 9.47 Å². The molecule has 1 aliphatic rings. The number of nitrogens with one attached hydrogen (secondary N) is 2. The van der Waals surface area contributed by atoms with Gasteiger partial charge in [-0.3, -0.25) is 9.69 Å². The molecule has 3 heterocycles. The van der Waals surface area contributed by atoms with Gasteiger partial charge in [0.1, 0.15) is 18.1 Å². The van der Waals surface area contributed by atoms with Gasteiger partial charge in [0.05, 0.1) is 13.2 Å². The maximum atomic E-state index is 13.1. The van der Waals surface area contributed by atoms with Gasteiger partial charge in [0.25, 0.3) is 5.91 Å². The summed E-state index contributed by atoms with van der Waals surface area (Å²) in [6.45, 7) is 11.5. The number of anilines is 2. The standard InChI is InChI=1S/C25H34N6O3.2H2/c1-5-8-30(4)23-16-22(28-25(29-23)34-14-11-31-9-12-33-13-10-31)24(32)27-19-6-7-21-20(15-19)17(2)18(3)26-21;;/h6-7,15-16,26H,5,8-14H2,1-4H3,(H,27,32);2*1H. The van der Waals surface area contributed by atoms with Crippen molar-refractivity contribution < 1.29 is 17.1 Å². The van der Waals surface area contributed by atoms with Crippen LogP contribution in [0.25, 0.3) is 10.9 Å². The molecule has 3 aromatic rings. The summed E-state index contributed by atoms with van der Waals surface area (Å²) in [5.41, 5.74) is 4.34. The van der Waals surface area contributed by atoms with Crippen LogP contribution in [0.3, 0.4) is 0 Å². The first-order valence-electron chi connectivity index (χ1n) is 11.9. The molecular formula is C25H38N6O3. The maximum Gasteiger partial charge on any atom is 0.319 e.